The second-order valence-corrected chi connectivity index (χ2v) is 27.3. The highest BCUT2D eigenvalue weighted by Gasteiger charge is 2.26. The number of carbonyl (C=O) groups is 2. The number of nitrogens with two attached hydrogens (primary N) is 1. The third-order valence-corrected chi connectivity index (χ3v) is 17.7. The average molecular weight is 1340 g/mol. The molecule has 0 aromatic heterocycles. The largest absolute Gasteiger partial charge is 0.472 e. The van der Waals surface area contributed by atoms with Gasteiger partial charge in [-0.3, -0.25) is 18.6 Å². The molecule has 3 N–H and O–H groups in total. The third kappa shape index (κ3) is 78.8. The van der Waals surface area contributed by atoms with Crippen LogP contribution in [0.5, 0.6) is 0 Å². The van der Waals surface area contributed by atoms with Crippen molar-refractivity contribution in [3.8, 4) is 0 Å². The molecule has 0 saturated heterocycles. The molecule has 0 saturated carbocycles. The van der Waals surface area contributed by atoms with Gasteiger partial charge in [0.05, 0.1) is 13.2 Å². The van der Waals surface area contributed by atoms with Crippen LogP contribution < -0.4 is 5.73 Å². The van der Waals surface area contributed by atoms with Gasteiger partial charge in [-0.15, -0.1) is 0 Å². The van der Waals surface area contributed by atoms with Gasteiger partial charge in [0.2, 0.25) is 0 Å². The van der Waals surface area contributed by atoms with E-state index in [0.717, 1.165) is 122 Å². The molecule has 2 atom stereocenters. The van der Waals surface area contributed by atoms with Crippen molar-refractivity contribution in [3.63, 3.8) is 0 Å². The number of esters is 2. The number of allylic oxidation sites excluding steroid dienone is 24. The minimum Gasteiger partial charge on any atom is -0.462 e. The Balaban J connectivity index is 3.83. The van der Waals surface area contributed by atoms with Gasteiger partial charge in [0.1, 0.15) is 6.61 Å². The van der Waals surface area contributed by atoms with Gasteiger partial charge >= 0.3 is 19.8 Å². The predicted molar refractivity (Wildman–Crippen MR) is 413 cm³/mol. The van der Waals surface area contributed by atoms with Crippen molar-refractivity contribution in [2.75, 3.05) is 26.4 Å². The van der Waals surface area contributed by atoms with E-state index in [-0.39, 0.29) is 38.6 Å². The van der Waals surface area contributed by atoms with Crippen molar-refractivity contribution < 1.29 is 37.6 Å². The van der Waals surface area contributed by atoms with Crippen LogP contribution in [0.2, 0.25) is 0 Å². The Morgan fingerprint density at radius 2 is 0.547 bits per heavy atom. The van der Waals surface area contributed by atoms with Crippen LogP contribution in [0.1, 0.15) is 348 Å². The van der Waals surface area contributed by atoms with Crippen LogP contribution >= 0.6 is 7.82 Å². The van der Waals surface area contributed by atoms with Crippen LogP contribution in [0.15, 0.2) is 146 Å². The molecule has 0 rings (SSSR count). The van der Waals surface area contributed by atoms with E-state index < -0.39 is 26.5 Å². The minimum atomic E-state index is -4.41. The maximum absolute atomic E-state index is 12.8. The van der Waals surface area contributed by atoms with Crippen LogP contribution in [0.3, 0.4) is 0 Å². The molecule has 0 bridgehead atoms. The summed E-state index contributed by atoms with van der Waals surface area (Å²) in [6.45, 7) is 3.53. The molecule has 0 aromatic carbocycles. The topological polar surface area (TPSA) is 134 Å². The summed E-state index contributed by atoms with van der Waals surface area (Å²) < 4.78 is 33.2. The number of phosphoric ester groups is 1. The summed E-state index contributed by atoms with van der Waals surface area (Å²) in [5.41, 5.74) is 5.41. The standard InChI is InChI=1S/C85H146NO8P/c1-3-5-7-9-11-13-15-17-19-21-23-25-27-29-31-33-35-37-38-39-40-41-42-43-44-46-47-49-51-53-55-57-59-61-63-65-67-69-71-73-75-77-84(87)91-81-83(82-93-95(89,90)92-80-79-86)94-85(88)78-76-74-72-70-68-66-64-62-60-58-56-54-52-50-48-45-36-34-32-30-28-26-24-22-20-18-16-14-12-10-8-6-4-2/h5-8,11-14,17-20,23-26,30,32,36,45,50,52,56,58,83H,3-4,9-10,15-16,21-22,27-29,31,33-35,37-44,46-49,51,53-55,57,59-82,86H2,1-2H3,(H,89,90)/b7-5-,8-6-,13-11-,14-12-,19-17-,20-18-,25-23-,26-24-,32-30-,45-36-,52-50-,58-56-. The molecule has 9 nitrogen and oxygen atoms in total. The number of carbonyl (C=O) groups excluding carboxylic acids is 2. The molecule has 0 amide bonds. The first-order valence-electron chi connectivity index (χ1n) is 39.3. The fraction of sp³-hybridized carbons (Fsp3) is 0.694. The van der Waals surface area contributed by atoms with E-state index in [2.05, 4.69) is 160 Å². The number of rotatable bonds is 73. The Hall–Kier alpha value is -4.11. The van der Waals surface area contributed by atoms with E-state index in [1.54, 1.807) is 0 Å². The lowest BCUT2D eigenvalue weighted by atomic mass is 10.0. The lowest BCUT2D eigenvalue weighted by molar-refractivity contribution is -0.161. The zero-order chi connectivity index (χ0) is 68.6. The third-order valence-electron chi connectivity index (χ3n) is 16.7. The lowest BCUT2D eigenvalue weighted by Crippen LogP contribution is -2.29. The van der Waals surface area contributed by atoms with Crippen molar-refractivity contribution in [2.45, 2.75) is 354 Å². The molecule has 10 heteroatoms. The summed E-state index contributed by atoms with van der Waals surface area (Å²) in [6, 6.07) is 0. The molecule has 0 aliphatic rings. The minimum absolute atomic E-state index is 0.0473. The van der Waals surface area contributed by atoms with Crippen molar-refractivity contribution >= 4 is 19.8 Å². The molecule has 0 aliphatic carbocycles. The highest BCUT2D eigenvalue weighted by molar-refractivity contribution is 7.47. The molecule has 0 spiro atoms. The smallest absolute Gasteiger partial charge is 0.462 e. The molecule has 0 aromatic rings. The zero-order valence-corrected chi connectivity index (χ0v) is 62.3. The fourth-order valence-corrected chi connectivity index (χ4v) is 11.8. The summed E-state index contributed by atoms with van der Waals surface area (Å²) >= 11 is 0. The van der Waals surface area contributed by atoms with Crippen LogP contribution in [0.4, 0.5) is 0 Å². The summed E-state index contributed by atoms with van der Waals surface area (Å²) in [7, 11) is -4.41. The maximum atomic E-state index is 12.8. The van der Waals surface area contributed by atoms with Gasteiger partial charge in [-0.25, -0.2) is 4.57 Å². The molecule has 544 valence electrons. The highest BCUT2D eigenvalue weighted by Crippen LogP contribution is 2.43. The second kappa shape index (κ2) is 78.9. The normalized spacial score (nSPS) is 13.7. The quantitative estimate of drug-likeness (QED) is 0.0264. The lowest BCUT2D eigenvalue weighted by Gasteiger charge is -2.19. The number of hydrogen-bond donors (Lipinski definition) is 2. The molecular weight excluding hydrogens is 1190 g/mol. The summed E-state index contributed by atoms with van der Waals surface area (Å²) in [4.78, 5) is 35.4. The Labute approximate surface area is 586 Å². The first-order valence-corrected chi connectivity index (χ1v) is 40.8. The Morgan fingerprint density at radius 3 is 0.811 bits per heavy atom. The maximum Gasteiger partial charge on any atom is 0.472 e. The summed E-state index contributed by atoms with van der Waals surface area (Å²) in [5, 5.41) is 0. The molecule has 95 heavy (non-hydrogen) atoms. The van der Waals surface area contributed by atoms with Crippen LogP contribution in [0.25, 0.3) is 0 Å². The molecule has 0 radical (unpaired) electrons. The zero-order valence-electron chi connectivity index (χ0n) is 61.4. The van der Waals surface area contributed by atoms with Gasteiger partial charge in [-0.2, -0.15) is 0 Å². The monoisotopic (exact) mass is 1340 g/mol. The first-order chi connectivity index (χ1) is 46.8. The van der Waals surface area contributed by atoms with Crippen LogP contribution in [-0.4, -0.2) is 49.3 Å². The number of unbranched alkanes of at least 4 members (excludes halogenated alkanes) is 36. The predicted octanol–water partition coefficient (Wildman–Crippen LogP) is 26.5. The molecule has 2 unspecified atom stereocenters. The van der Waals surface area contributed by atoms with Gasteiger partial charge < -0.3 is 20.1 Å². The number of hydrogen-bond acceptors (Lipinski definition) is 8. The van der Waals surface area contributed by atoms with E-state index in [1.165, 1.54) is 193 Å². The van der Waals surface area contributed by atoms with Gasteiger partial charge in [0, 0.05) is 19.4 Å². The van der Waals surface area contributed by atoms with E-state index in [4.69, 9.17) is 24.3 Å². The van der Waals surface area contributed by atoms with Gasteiger partial charge in [-0.1, -0.05) is 365 Å². The van der Waals surface area contributed by atoms with Crippen molar-refractivity contribution in [1.82, 2.24) is 0 Å². The average Bonchev–Trinajstić information content (AvgIpc) is 3.25. The number of phosphoric acid groups is 1. The Bertz CT molecular complexity index is 2080. The fourth-order valence-electron chi connectivity index (χ4n) is 11.0. The van der Waals surface area contributed by atoms with Crippen LogP contribution in [0, 0.1) is 0 Å². The van der Waals surface area contributed by atoms with Crippen molar-refractivity contribution in [3.05, 3.63) is 146 Å². The van der Waals surface area contributed by atoms with E-state index in [9.17, 15) is 19.0 Å². The Morgan fingerprint density at radius 1 is 0.316 bits per heavy atom. The van der Waals surface area contributed by atoms with E-state index in [0.29, 0.717) is 6.42 Å². The van der Waals surface area contributed by atoms with Crippen molar-refractivity contribution in [2.24, 2.45) is 5.73 Å². The molecule has 0 aliphatic heterocycles. The van der Waals surface area contributed by atoms with Gasteiger partial charge in [0.15, 0.2) is 6.10 Å². The molecule has 0 heterocycles. The summed E-state index contributed by atoms with van der Waals surface area (Å²) in [5.74, 6) is -0.831. The number of ether oxygens (including phenoxy) is 2. The van der Waals surface area contributed by atoms with Gasteiger partial charge in [0.25, 0.3) is 0 Å². The van der Waals surface area contributed by atoms with E-state index >= 15 is 0 Å². The summed E-state index contributed by atoms with van der Waals surface area (Å²) in [6.07, 6.45) is 114. The SMILES string of the molecule is CC/C=C\C/C=C\C/C=C\C/C=C\C/C=C\C/C=C\C/C=C\C/C=C\CCCCCCCCCCC(=O)OC(COC(=O)CCCCCCCCCCCCCCCCCCCCCCCCCCCCCC/C=C\C/C=C\C/C=C\C/C=C\CC)COP(=O)(O)OCCN. The van der Waals surface area contributed by atoms with Crippen LogP contribution in [-0.2, 0) is 32.7 Å². The van der Waals surface area contributed by atoms with Gasteiger partial charge in [-0.05, 0) is 116 Å². The first kappa shape index (κ1) is 90.9. The second-order valence-electron chi connectivity index (χ2n) is 25.8. The molecule has 0 fully saturated rings. The molecular formula is C85H146NO8P. The Kier molecular flexibility index (Phi) is 75.5. The van der Waals surface area contributed by atoms with Crippen molar-refractivity contribution in [1.29, 1.82) is 0 Å². The highest BCUT2D eigenvalue weighted by atomic mass is 31.2. The van der Waals surface area contributed by atoms with E-state index in [1.807, 2.05) is 0 Å².